The van der Waals surface area contributed by atoms with Crippen molar-refractivity contribution in [3.8, 4) is 0 Å². The lowest BCUT2D eigenvalue weighted by Crippen LogP contribution is -2.48. The average Bonchev–Trinajstić information content (AvgIpc) is 2.22. The molecule has 3 atom stereocenters. The fourth-order valence-electron chi connectivity index (χ4n) is 2.55. The molecule has 3 heteroatoms. The molecule has 3 nitrogen and oxygen atoms in total. The third-order valence-corrected chi connectivity index (χ3v) is 3.42. The van der Waals surface area contributed by atoms with Crippen molar-refractivity contribution >= 4 is 0 Å². The second kappa shape index (κ2) is 7.25. The van der Waals surface area contributed by atoms with Crippen LogP contribution in [0.25, 0.3) is 0 Å². The highest BCUT2D eigenvalue weighted by Gasteiger charge is 2.22. The van der Waals surface area contributed by atoms with Gasteiger partial charge in [-0.05, 0) is 31.3 Å². The average molecular weight is 228 g/mol. The van der Waals surface area contributed by atoms with Crippen LogP contribution in [-0.2, 0) is 4.74 Å². The molecule has 96 valence electrons. The van der Waals surface area contributed by atoms with Gasteiger partial charge in [0.15, 0.2) is 0 Å². The first-order valence-electron chi connectivity index (χ1n) is 6.61. The van der Waals surface area contributed by atoms with Crippen LogP contribution >= 0.6 is 0 Å². The monoisotopic (exact) mass is 228 g/mol. The topological polar surface area (TPSA) is 24.5 Å². The quantitative estimate of drug-likeness (QED) is 0.791. The van der Waals surface area contributed by atoms with Crippen molar-refractivity contribution in [2.75, 3.05) is 39.9 Å². The van der Waals surface area contributed by atoms with E-state index in [1.165, 1.54) is 19.5 Å². The fraction of sp³-hybridized carbons (Fsp3) is 1.00. The molecule has 0 radical (unpaired) electrons. The van der Waals surface area contributed by atoms with E-state index in [1.807, 2.05) is 0 Å². The van der Waals surface area contributed by atoms with Gasteiger partial charge in [-0.2, -0.15) is 0 Å². The van der Waals surface area contributed by atoms with Crippen molar-refractivity contribution < 1.29 is 4.74 Å². The van der Waals surface area contributed by atoms with E-state index in [2.05, 4.69) is 31.0 Å². The number of ether oxygens (including phenoxy) is 1. The number of nitrogens with zero attached hydrogens (tertiary/aromatic N) is 1. The maximum Gasteiger partial charge on any atom is 0.0617 e. The highest BCUT2D eigenvalue weighted by atomic mass is 16.5. The minimum absolute atomic E-state index is 0.591. The van der Waals surface area contributed by atoms with E-state index in [0.29, 0.717) is 6.04 Å². The Bertz CT molecular complexity index is 175. The van der Waals surface area contributed by atoms with Gasteiger partial charge in [0, 0.05) is 26.2 Å². The molecule has 0 spiro atoms. The normalized spacial score (nSPS) is 30.8. The number of rotatable bonds is 4. The highest BCUT2D eigenvalue weighted by molar-refractivity contribution is 4.78. The molecule has 1 aliphatic rings. The summed E-state index contributed by atoms with van der Waals surface area (Å²) in [6.07, 6.45) is 1.18. The molecule has 1 rings (SSSR count). The first-order chi connectivity index (χ1) is 7.67. The summed E-state index contributed by atoms with van der Waals surface area (Å²) in [5.41, 5.74) is 0. The lowest BCUT2D eigenvalue weighted by atomic mass is 10.0. The Balaban J connectivity index is 2.56. The van der Waals surface area contributed by atoms with Gasteiger partial charge in [0.05, 0.1) is 6.61 Å². The fourth-order valence-corrected chi connectivity index (χ4v) is 2.55. The van der Waals surface area contributed by atoms with Crippen LogP contribution < -0.4 is 5.32 Å². The van der Waals surface area contributed by atoms with E-state index in [1.54, 1.807) is 7.11 Å². The van der Waals surface area contributed by atoms with E-state index in [9.17, 15) is 0 Å². The molecule has 0 bridgehead atoms. The predicted molar refractivity (Wildman–Crippen MR) is 68.7 cm³/mol. The van der Waals surface area contributed by atoms with Crippen molar-refractivity contribution in [1.82, 2.24) is 10.2 Å². The first-order valence-corrected chi connectivity index (χ1v) is 6.61. The van der Waals surface area contributed by atoms with Gasteiger partial charge in [-0.25, -0.2) is 0 Å². The zero-order valence-electron chi connectivity index (χ0n) is 11.3. The van der Waals surface area contributed by atoms with Gasteiger partial charge in [-0.1, -0.05) is 20.8 Å². The molecule has 0 amide bonds. The second-order valence-corrected chi connectivity index (χ2v) is 5.34. The minimum Gasteiger partial charge on any atom is -0.383 e. The van der Waals surface area contributed by atoms with Gasteiger partial charge in [-0.15, -0.1) is 0 Å². The van der Waals surface area contributed by atoms with Crippen molar-refractivity contribution in [1.29, 1.82) is 0 Å². The third-order valence-electron chi connectivity index (χ3n) is 3.42. The lowest BCUT2D eigenvalue weighted by Gasteiger charge is -2.36. The number of methoxy groups -OCH3 is 1. The molecule has 0 aromatic carbocycles. The second-order valence-electron chi connectivity index (χ2n) is 5.34. The van der Waals surface area contributed by atoms with Crippen molar-refractivity contribution in [2.45, 2.75) is 33.2 Å². The standard InChI is InChI=1S/C13H28N2O/c1-5-13(10-16-4)15-8-11(2)6-14-7-12(3)9-15/h11-14H,5-10H2,1-4H3. The summed E-state index contributed by atoms with van der Waals surface area (Å²) in [5.74, 6) is 1.47. The van der Waals surface area contributed by atoms with Crippen molar-refractivity contribution in [2.24, 2.45) is 11.8 Å². The van der Waals surface area contributed by atoms with E-state index < -0.39 is 0 Å². The summed E-state index contributed by atoms with van der Waals surface area (Å²) >= 11 is 0. The van der Waals surface area contributed by atoms with Crippen LogP contribution in [0.5, 0.6) is 0 Å². The molecule has 16 heavy (non-hydrogen) atoms. The zero-order chi connectivity index (χ0) is 12.0. The van der Waals surface area contributed by atoms with Crippen LogP contribution in [-0.4, -0.2) is 50.8 Å². The van der Waals surface area contributed by atoms with Gasteiger partial charge >= 0.3 is 0 Å². The Labute approximate surface area is 101 Å². The Kier molecular flexibility index (Phi) is 6.32. The summed E-state index contributed by atoms with van der Waals surface area (Å²) in [4.78, 5) is 2.62. The summed E-state index contributed by atoms with van der Waals surface area (Å²) in [6.45, 7) is 12.5. The molecule has 1 saturated heterocycles. The third kappa shape index (κ3) is 4.40. The molecule has 0 saturated carbocycles. The van der Waals surface area contributed by atoms with Gasteiger partial charge < -0.3 is 10.1 Å². The van der Waals surface area contributed by atoms with E-state index in [-0.39, 0.29) is 0 Å². The summed E-state index contributed by atoms with van der Waals surface area (Å²) < 4.78 is 5.33. The molecule has 1 fully saturated rings. The van der Waals surface area contributed by atoms with Gasteiger partial charge in [0.25, 0.3) is 0 Å². The maximum atomic E-state index is 5.33. The molecule has 1 aliphatic heterocycles. The zero-order valence-corrected chi connectivity index (χ0v) is 11.3. The first kappa shape index (κ1) is 13.9. The largest absolute Gasteiger partial charge is 0.383 e. The number of nitrogens with one attached hydrogen (secondary N) is 1. The van der Waals surface area contributed by atoms with Crippen LogP contribution in [0, 0.1) is 11.8 Å². The molecule has 1 N–H and O–H groups in total. The SMILES string of the molecule is CCC(COC)N1CC(C)CNCC(C)C1. The van der Waals surface area contributed by atoms with Crippen molar-refractivity contribution in [3.63, 3.8) is 0 Å². The Morgan fingerprint density at radius 1 is 1.25 bits per heavy atom. The number of hydrogen-bond donors (Lipinski definition) is 1. The van der Waals surface area contributed by atoms with Gasteiger partial charge in [-0.3, -0.25) is 4.90 Å². The smallest absolute Gasteiger partial charge is 0.0617 e. The van der Waals surface area contributed by atoms with E-state index in [0.717, 1.165) is 31.5 Å². The van der Waals surface area contributed by atoms with Crippen LogP contribution in [0.3, 0.4) is 0 Å². The summed E-state index contributed by atoms with van der Waals surface area (Å²) in [5, 5.41) is 3.54. The Morgan fingerprint density at radius 3 is 2.25 bits per heavy atom. The molecule has 1 heterocycles. The van der Waals surface area contributed by atoms with E-state index in [4.69, 9.17) is 4.74 Å². The number of hydrogen-bond acceptors (Lipinski definition) is 3. The molecule has 0 aromatic heterocycles. The Hall–Kier alpha value is -0.120. The summed E-state index contributed by atoms with van der Waals surface area (Å²) in [6, 6.07) is 0.591. The van der Waals surface area contributed by atoms with Crippen LogP contribution in [0.4, 0.5) is 0 Å². The Morgan fingerprint density at radius 2 is 1.81 bits per heavy atom. The molecule has 0 aromatic rings. The molecule has 3 unspecified atom stereocenters. The molecular formula is C13H28N2O. The minimum atomic E-state index is 0.591. The van der Waals surface area contributed by atoms with Gasteiger partial charge in [0.1, 0.15) is 0 Å². The van der Waals surface area contributed by atoms with Crippen molar-refractivity contribution in [3.05, 3.63) is 0 Å². The molecule has 0 aliphatic carbocycles. The van der Waals surface area contributed by atoms with Crippen LogP contribution in [0.2, 0.25) is 0 Å². The van der Waals surface area contributed by atoms with Crippen LogP contribution in [0.1, 0.15) is 27.2 Å². The van der Waals surface area contributed by atoms with Crippen LogP contribution in [0.15, 0.2) is 0 Å². The highest BCUT2D eigenvalue weighted by Crippen LogP contribution is 2.13. The lowest BCUT2D eigenvalue weighted by molar-refractivity contribution is 0.0630. The summed E-state index contributed by atoms with van der Waals surface area (Å²) in [7, 11) is 1.81. The van der Waals surface area contributed by atoms with E-state index >= 15 is 0 Å². The predicted octanol–water partition coefficient (Wildman–Crippen LogP) is 1.59. The maximum absolute atomic E-state index is 5.33. The van der Waals surface area contributed by atoms with Gasteiger partial charge in [0.2, 0.25) is 0 Å². The molecular weight excluding hydrogens is 200 g/mol.